The highest BCUT2D eigenvalue weighted by atomic mass is 35.5. The van der Waals surface area contributed by atoms with Gasteiger partial charge in [0, 0.05) is 17.8 Å². The monoisotopic (exact) mass is 334 g/mol. The molecule has 1 atom stereocenters. The molecule has 23 heavy (non-hydrogen) atoms. The van der Waals surface area contributed by atoms with Gasteiger partial charge in [0.05, 0.1) is 19.8 Å². The molecule has 0 aliphatic carbocycles. The molecule has 122 valence electrons. The lowest BCUT2D eigenvalue weighted by atomic mass is 10.1. The molecule has 0 aliphatic rings. The van der Waals surface area contributed by atoms with Gasteiger partial charge in [0.15, 0.2) is 0 Å². The predicted molar refractivity (Wildman–Crippen MR) is 91.1 cm³/mol. The van der Waals surface area contributed by atoms with E-state index in [4.69, 9.17) is 16.3 Å². The van der Waals surface area contributed by atoms with Crippen molar-refractivity contribution in [2.45, 2.75) is 6.10 Å². The number of hydrogen-bond donors (Lipinski definition) is 2. The summed E-state index contributed by atoms with van der Waals surface area (Å²) in [6, 6.07) is 13.6. The van der Waals surface area contributed by atoms with Gasteiger partial charge in [-0.2, -0.15) is 0 Å². The molecule has 0 saturated heterocycles. The predicted octanol–water partition coefficient (Wildman–Crippen LogP) is 3.55. The van der Waals surface area contributed by atoms with Crippen molar-refractivity contribution in [3.05, 3.63) is 59.1 Å². The van der Waals surface area contributed by atoms with Crippen LogP contribution in [0.3, 0.4) is 0 Å². The number of ether oxygens (including phenoxy) is 1. The van der Waals surface area contributed by atoms with E-state index < -0.39 is 6.10 Å². The molecule has 2 rings (SSSR count). The standard InChI is InChI=1S/C17H19ClN2O3/c1-20(17(22)19-14-8-6-13(18)7-9-14)11-16(21)12-4-3-5-15(10-12)23-2/h3-10,16,21H,11H2,1-2H3,(H,19,22). The molecule has 0 aromatic heterocycles. The van der Waals surface area contributed by atoms with Crippen molar-refractivity contribution in [2.24, 2.45) is 0 Å². The third-order valence-electron chi connectivity index (χ3n) is 3.37. The highest BCUT2D eigenvalue weighted by molar-refractivity contribution is 6.30. The van der Waals surface area contributed by atoms with E-state index in [2.05, 4.69) is 5.32 Å². The minimum atomic E-state index is -0.800. The van der Waals surface area contributed by atoms with E-state index in [-0.39, 0.29) is 12.6 Å². The first-order valence-corrected chi connectivity index (χ1v) is 7.47. The zero-order chi connectivity index (χ0) is 16.8. The Hall–Kier alpha value is -2.24. The van der Waals surface area contributed by atoms with E-state index in [1.807, 2.05) is 0 Å². The molecule has 0 aliphatic heterocycles. The molecular formula is C17H19ClN2O3. The maximum Gasteiger partial charge on any atom is 0.321 e. The lowest BCUT2D eigenvalue weighted by molar-refractivity contribution is 0.136. The van der Waals surface area contributed by atoms with E-state index in [0.29, 0.717) is 22.0 Å². The first-order chi connectivity index (χ1) is 11.0. The van der Waals surface area contributed by atoms with Gasteiger partial charge in [-0.3, -0.25) is 0 Å². The lowest BCUT2D eigenvalue weighted by Crippen LogP contribution is -2.34. The minimum absolute atomic E-state index is 0.159. The van der Waals surface area contributed by atoms with Gasteiger partial charge in [-0.25, -0.2) is 4.79 Å². The Morgan fingerprint density at radius 1 is 1.30 bits per heavy atom. The van der Waals surface area contributed by atoms with Crippen LogP contribution in [0.4, 0.5) is 10.5 Å². The Labute approximate surface area is 140 Å². The van der Waals surface area contributed by atoms with Crippen molar-refractivity contribution in [3.8, 4) is 5.75 Å². The number of benzene rings is 2. The third-order valence-corrected chi connectivity index (χ3v) is 3.62. The molecule has 0 radical (unpaired) electrons. The number of halogens is 1. The van der Waals surface area contributed by atoms with E-state index in [1.165, 1.54) is 4.90 Å². The molecule has 2 aromatic carbocycles. The highest BCUT2D eigenvalue weighted by Crippen LogP contribution is 2.20. The van der Waals surface area contributed by atoms with Crippen LogP contribution in [0.15, 0.2) is 48.5 Å². The minimum Gasteiger partial charge on any atom is -0.497 e. The molecule has 0 fully saturated rings. The number of methoxy groups -OCH3 is 1. The summed E-state index contributed by atoms with van der Waals surface area (Å²) in [5.74, 6) is 0.662. The van der Waals surface area contributed by atoms with E-state index >= 15 is 0 Å². The van der Waals surface area contributed by atoms with Gasteiger partial charge >= 0.3 is 6.03 Å². The molecule has 2 aromatic rings. The number of carbonyl (C=O) groups excluding carboxylic acids is 1. The van der Waals surface area contributed by atoms with Crippen LogP contribution in [0.25, 0.3) is 0 Å². The van der Waals surface area contributed by atoms with Crippen LogP contribution in [-0.4, -0.2) is 36.7 Å². The number of amides is 2. The summed E-state index contributed by atoms with van der Waals surface area (Å²) in [6.45, 7) is 0.159. The van der Waals surface area contributed by atoms with Crippen LogP contribution >= 0.6 is 11.6 Å². The first-order valence-electron chi connectivity index (χ1n) is 7.09. The number of carbonyl (C=O) groups is 1. The van der Waals surface area contributed by atoms with Crippen molar-refractivity contribution in [2.75, 3.05) is 26.0 Å². The van der Waals surface area contributed by atoms with Gasteiger partial charge in [-0.15, -0.1) is 0 Å². The molecule has 6 heteroatoms. The summed E-state index contributed by atoms with van der Waals surface area (Å²) in [7, 11) is 3.19. The van der Waals surface area contributed by atoms with Crippen LogP contribution in [0.5, 0.6) is 5.75 Å². The van der Waals surface area contributed by atoms with Gasteiger partial charge in [-0.05, 0) is 42.0 Å². The largest absolute Gasteiger partial charge is 0.497 e. The van der Waals surface area contributed by atoms with E-state index in [9.17, 15) is 9.90 Å². The zero-order valence-corrected chi connectivity index (χ0v) is 13.7. The molecule has 2 amide bonds. The van der Waals surface area contributed by atoms with Gasteiger partial charge < -0.3 is 20.1 Å². The van der Waals surface area contributed by atoms with Crippen LogP contribution in [0.1, 0.15) is 11.7 Å². The number of hydrogen-bond acceptors (Lipinski definition) is 3. The second kappa shape index (κ2) is 7.85. The van der Waals surface area contributed by atoms with Crippen molar-refractivity contribution < 1.29 is 14.6 Å². The third kappa shape index (κ3) is 4.87. The van der Waals surface area contributed by atoms with Crippen molar-refractivity contribution in [1.29, 1.82) is 0 Å². The maximum absolute atomic E-state index is 12.1. The number of nitrogens with one attached hydrogen (secondary N) is 1. The van der Waals surface area contributed by atoms with Gasteiger partial charge in [-0.1, -0.05) is 23.7 Å². The summed E-state index contributed by atoms with van der Waals surface area (Å²) >= 11 is 5.81. The summed E-state index contributed by atoms with van der Waals surface area (Å²) in [6.07, 6.45) is -0.800. The zero-order valence-electron chi connectivity index (χ0n) is 13.0. The second-order valence-corrected chi connectivity index (χ2v) is 5.55. The normalized spacial score (nSPS) is 11.7. The fraction of sp³-hybridized carbons (Fsp3) is 0.235. The smallest absolute Gasteiger partial charge is 0.321 e. The Morgan fingerprint density at radius 2 is 2.00 bits per heavy atom. The van der Waals surface area contributed by atoms with Crippen LogP contribution in [0, 0.1) is 0 Å². The number of urea groups is 1. The van der Waals surface area contributed by atoms with Gasteiger partial charge in [0.25, 0.3) is 0 Å². The number of anilines is 1. The number of aliphatic hydroxyl groups excluding tert-OH is 1. The molecule has 0 bridgehead atoms. The quantitative estimate of drug-likeness (QED) is 0.879. The fourth-order valence-electron chi connectivity index (χ4n) is 2.05. The van der Waals surface area contributed by atoms with Crippen LogP contribution in [-0.2, 0) is 0 Å². The lowest BCUT2D eigenvalue weighted by Gasteiger charge is -2.22. The van der Waals surface area contributed by atoms with Crippen LogP contribution < -0.4 is 10.1 Å². The Kier molecular flexibility index (Phi) is 5.84. The maximum atomic E-state index is 12.1. The van der Waals surface area contributed by atoms with E-state index in [0.717, 1.165) is 0 Å². The summed E-state index contributed by atoms with van der Waals surface area (Å²) in [5.41, 5.74) is 1.33. The summed E-state index contributed by atoms with van der Waals surface area (Å²) in [5, 5.41) is 13.6. The molecule has 0 spiro atoms. The molecule has 0 saturated carbocycles. The average molecular weight is 335 g/mol. The Bertz CT molecular complexity index is 661. The molecule has 1 unspecified atom stereocenters. The molecule has 5 nitrogen and oxygen atoms in total. The number of rotatable bonds is 5. The van der Waals surface area contributed by atoms with Gasteiger partial charge in [0.2, 0.25) is 0 Å². The molecule has 2 N–H and O–H groups in total. The second-order valence-electron chi connectivity index (χ2n) is 5.11. The van der Waals surface area contributed by atoms with Gasteiger partial charge in [0.1, 0.15) is 5.75 Å². The van der Waals surface area contributed by atoms with Crippen molar-refractivity contribution in [3.63, 3.8) is 0 Å². The van der Waals surface area contributed by atoms with Crippen molar-refractivity contribution >= 4 is 23.3 Å². The highest BCUT2D eigenvalue weighted by Gasteiger charge is 2.15. The Balaban J connectivity index is 1.95. The Morgan fingerprint density at radius 3 is 2.65 bits per heavy atom. The fourth-order valence-corrected chi connectivity index (χ4v) is 2.17. The number of likely N-dealkylation sites (N-methyl/N-ethyl adjacent to an activating group) is 1. The topological polar surface area (TPSA) is 61.8 Å². The number of aliphatic hydroxyl groups is 1. The molecular weight excluding hydrogens is 316 g/mol. The SMILES string of the molecule is COc1cccc(C(O)CN(C)C(=O)Nc2ccc(Cl)cc2)c1. The average Bonchev–Trinajstić information content (AvgIpc) is 2.56. The number of nitrogens with zero attached hydrogens (tertiary/aromatic N) is 1. The van der Waals surface area contributed by atoms with E-state index in [1.54, 1.807) is 62.7 Å². The first kappa shape index (κ1) is 17.1. The van der Waals surface area contributed by atoms with Crippen molar-refractivity contribution in [1.82, 2.24) is 4.90 Å². The summed E-state index contributed by atoms with van der Waals surface area (Å²) in [4.78, 5) is 13.5. The summed E-state index contributed by atoms with van der Waals surface area (Å²) < 4.78 is 5.13. The van der Waals surface area contributed by atoms with Crippen LogP contribution in [0.2, 0.25) is 5.02 Å². The molecule has 0 heterocycles.